The lowest BCUT2D eigenvalue weighted by Gasteiger charge is -2.33. The van der Waals surface area contributed by atoms with Crippen LogP contribution >= 0.6 is 0 Å². The van der Waals surface area contributed by atoms with Gasteiger partial charge in [-0.15, -0.1) is 0 Å². The normalized spacial score (nSPS) is 28.2. The third-order valence-electron chi connectivity index (χ3n) is 7.55. The summed E-state index contributed by atoms with van der Waals surface area (Å²) >= 11 is 0. The molecule has 3 fully saturated rings. The molecule has 4 atom stereocenters. The zero-order valence-electron chi connectivity index (χ0n) is 21.3. The first-order valence-electron chi connectivity index (χ1n) is 13.3. The van der Waals surface area contributed by atoms with Gasteiger partial charge in [-0.2, -0.15) is 26.3 Å². The number of hydrogen-bond donors (Lipinski definition) is 4. The highest BCUT2D eigenvalue weighted by Crippen LogP contribution is 2.33. The molecule has 3 aliphatic rings. The Hall–Kier alpha value is -1.64. The molecule has 3 rings (SSSR count). The quantitative estimate of drug-likeness (QED) is 0.229. The molecule has 4 unspecified atom stereocenters. The number of carbonyl (C=O) groups excluding carboxylic acids is 2. The number of amides is 2. The van der Waals surface area contributed by atoms with Gasteiger partial charge >= 0.3 is 12.4 Å². The summed E-state index contributed by atoms with van der Waals surface area (Å²) in [6.07, 6.45) is -4.47. The number of alkyl halides is 6. The molecule has 2 aliphatic heterocycles. The van der Waals surface area contributed by atoms with E-state index in [1.54, 1.807) is 0 Å². The summed E-state index contributed by atoms with van der Waals surface area (Å²) in [5.74, 6) is -0.661. The molecule has 38 heavy (non-hydrogen) atoms. The molecule has 14 heteroatoms. The Morgan fingerprint density at radius 3 is 1.74 bits per heavy atom. The van der Waals surface area contributed by atoms with Crippen molar-refractivity contribution in [2.45, 2.75) is 106 Å². The maximum Gasteiger partial charge on any atom is 0.403 e. The first-order valence-corrected chi connectivity index (χ1v) is 13.3. The third kappa shape index (κ3) is 9.83. The van der Waals surface area contributed by atoms with Gasteiger partial charge in [0.2, 0.25) is 11.8 Å². The second-order valence-corrected chi connectivity index (χ2v) is 10.5. The third-order valence-corrected chi connectivity index (χ3v) is 7.55. The molecule has 1 saturated carbocycles. The zero-order chi connectivity index (χ0) is 27.8. The van der Waals surface area contributed by atoms with Crippen molar-refractivity contribution in [3.05, 3.63) is 0 Å². The van der Waals surface area contributed by atoms with Crippen molar-refractivity contribution in [2.75, 3.05) is 32.8 Å². The van der Waals surface area contributed by atoms with Gasteiger partial charge in [-0.25, -0.2) is 0 Å². The van der Waals surface area contributed by atoms with Crippen molar-refractivity contribution in [2.24, 2.45) is 0 Å². The van der Waals surface area contributed by atoms with Gasteiger partial charge in [-0.05, 0) is 51.4 Å². The lowest BCUT2D eigenvalue weighted by molar-refractivity contribution is -0.167. The molecule has 2 heterocycles. The fourth-order valence-electron chi connectivity index (χ4n) is 5.42. The van der Waals surface area contributed by atoms with E-state index >= 15 is 0 Å². The van der Waals surface area contributed by atoms with E-state index in [0.29, 0.717) is 19.4 Å². The van der Waals surface area contributed by atoms with Crippen molar-refractivity contribution in [3.63, 3.8) is 0 Å². The van der Waals surface area contributed by atoms with Gasteiger partial charge in [0.25, 0.3) is 0 Å². The molecule has 220 valence electrons. The largest absolute Gasteiger partial charge is 0.403 e. The molecule has 0 radical (unpaired) electrons. The number of hydrogen-bond acceptors (Lipinski definition) is 6. The van der Waals surface area contributed by atoms with Crippen LogP contribution in [0.15, 0.2) is 0 Å². The smallest absolute Gasteiger partial charge is 0.367 e. The molecular formula is C24H38F6N4O4. The molecule has 2 saturated heterocycles. The Morgan fingerprint density at radius 1 is 0.789 bits per heavy atom. The number of carbonyl (C=O) groups is 2. The van der Waals surface area contributed by atoms with E-state index in [0.717, 1.165) is 25.7 Å². The molecular weight excluding hydrogens is 522 g/mol. The first kappa shape index (κ1) is 30.9. The highest BCUT2D eigenvalue weighted by molar-refractivity contribution is 5.78. The monoisotopic (exact) mass is 560 g/mol. The summed E-state index contributed by atoms with van der Waals surface area (Å²) in [5, 5.41) is 10.6. The highest BCUT2D eigenvalue weighted by atomic mass is 19.4. The topological polar surface area (TPSA) is 101 Å². The summed E-state index contributed by atoms with van der Waals surface area (Å²) in [4.78, 5) is 24.6. The van der Waals surface area contributed by atoms with Crippen LogP contribution < -0.4 is 21.3 Å². The van der Waals surface area contributed by atoms with Gasteiger partial charge in [-0.1, -0.05) is 12.8 Å². The van der Waals surface area contributed by atoms with Crippen molar-refractivity contribution in [1.82, 2.24) is 21.3 Å². The molecule has 8 nitrogen and oxygen atoms in total. The summed E-state index contributed by atoms with van der Waals surface area (Å²) < 4.78 is 87.3. The van der Waals surface area contributed by atoms with Crippen LogP contribution in [0.4, 0.5) is 26.3 Å². The fourth-order valence-corrected chi connectivity index (χ4v) is 5.42. The fraction of sp³-hybridized carbons (Fsp3) is 0.917. The van der Waals surface area contributed by atoms with E-state index in [1.807, 2.05) is 0 Å². The van der Waals surface area contributed by atoms with Crippen LogP contribution in [0.5, 0.6) is 0 Å². The summed E-state index contributed by atoms with van der Waals surface area (Å²) in [5.41, 5.74) is -0.406. The molecule has 0 aromatic rings. The van der Waals surface area contributed by atoms with Crippen LogP contribution in [0.2, 0.25) is 0 Å². The molecule has 0 bridgehead atoms. The Balaban J connectivity index is 1.29. The van der Waals surface area contributed by atoms with Crippen LogP contribution in [-0.2, 0) is 19.1 Å². The van der Waals surface area contributed by atoms with E-state index in [9.17, 15) is 35.9 Å². The standard InChI is InChI=1S/C24H38F6N4O4/c25-23(26,27)18-6-4-16(12-32-18)37-14-20(35)31-11-3-10-22(8-1-2-9-22)34-21(36)15-38-17-5-7-19(33-13-17)24(28,29)30/h16-19,32-33H,1-15H2,(H,31,35)(H,34,36). The molecule has 0 aromatic heterocycles. The predicted octanol–water partition coefficient (Wildman–Crippen LogP) is 2.71. The van der Waals surface area contributed by atoms with Crippen molar-refractivity contribution in [1.29, 1.82) is 0 Å². The van der Waals surface area contributed by atoms with Gasteiger partial charge in [-0.3, -0.25) is 9.59 Å². The van der Waals surface area contributed by atoms with E-state index in [1.165, 1.54) is 0 Å². The summed E-state index contributed by atoms with van der Waals surface area (Å²) in [6, 6.07) is -3.08. The number of halogens is 6. The number of nitrogens with one attached hydrogen (secondary N) is 4. The van der Waals surface area contributed by atoms with Gasteiger partial charge < -0.3 is 30.7 Å². The maximum atomic E-state index is 12.8. The molecule has 0 spiro atoms. The minimum absolute atomic E-state index is 0.0364. The SMILES string of the molecule is O=C(COC1CCC(C(F)(F)F)NC1)NCCCC1(NC(=O)COC2CCC(C(F)(F)F)NC2)CCCC1. The zero-order valence-corrected chi connectivity index (χ0v) is 21.3. The van der Waals surface area contributed by atoms with Crippen LogP contribution in [-0.4, -0.2) is 86.8 Å². The Bertz CT molecular complexity index is 760. The molecule has 2 amide bonds. The van der Waals surface area contributed by atoms with E-state index < -0.39 is 42.2 Å². The number of ether oxygens (including phenoxy) is 2. The van der Waals surface area contributed by atoms with Crippen LogP contribution in [0, 0.1) is 0 Å². The van der Waals surface area contributed by atoms with Crippen molar-refractivity contribution >= 4 is 11.8 Å². The van der Waals surface area contributed by atoms with E-state index in [4.69, 9.17) is 9.47 Å². The number of rotatable bonds is 11. The summed E-state index contributed by atoms with van der Waals surface area (Å²) in [6.45, 7) is -0.0177. The van der Waals surface area contributed by atoms with Gasteiger partial charge in [0.1, 0.15) is 25.3 Å². The minimum Gasteiger partial charge on any atom is -0.367 e. The maximum absolute atomic E-state index is 12.8. The van der Waals surface area contributed by atoms with Crippen LogP contribution in [0.25, 0.3) is 0 Å². The number of piperidine rings is 2. The Morgan fingerprint density at radius 2 is 1.29 bits per heavy atom. The molecule has 4 N–H and O–H groups in total. The van der Waals surface area contributed by atoms with E-state index in [-0.39, 0.29) is 63.8 Å². The lowest BCUT2D eigenvalue weighted by Crippen LogP contribution is -2.51. The van der Waals surface area contributed by atoms with Crippen LogP contribution in [0.3, 0.4) is 0 Å². The average Bonchev–Trinajstić information content (AvgIpc) is 3.32. The Labute approximate surface area is 218 Å². The predicted molar refractivity (Wildman–Crippen MR) is 125 cm³/mol. The Kier molecular flexibility index (Phi) is 11.1. The van der Waals surface area contributed by atoms with Gasteiger partial charge in [0, 0.05) is 25.2 Å². The molecule has 1 aliphatic carbocycles. The highest BCUT2D eigenvalue weighted by Gasteiger charge is 2.43. The van der Waals surface area contributed by atoms with E-state index in [2.05, 4.69) is 21.3 Å². The second kappa shape index (κ2) is 13.6. The average molecular weight is 561 g/mol. The van der Waals surface area contributed by atoms with Crippen molar-refractivity contribution < 1.29 is 45.4 Å². The first-order chi connectivity index (χ1) is 17.9. The van der Waals surface area contributed by atoms with Crippen molar-refractivity contribution in [3.8, 4) is 0 Å². The second-order valence-electron chi connectivity index (χ2n) is 10.5. The summed E-state index contributed by atoms with van der Waals surface area (Å²) in [7, 11) is 0. The minimum atomic E-state index is -4.29. The van der Waals surface area contributed by atoms with Gasteiger partial charge in [0.15, 0.2) is 0 Å². The molecule has 0 aromatic carbocycles. The van der Waals surface area contributed by atoms with Crippen LogP contribution in [0.1, 0.15) is 64.2 Å². The van der Waals surface area contributed by atoms with Gasteiger partial charge in [0.05, 0.1) is 12.2 Å². The lowest BCUT2D eigenvalue weighted by atomic mass is 9.91.